The van der Waals surface area contributed by atoms with E-state index in [9.17, 15) is 19.8 Å². The lowest BCUT2D eigenvalue weighted by Gasteiger charge is -2.21. The average Bonchev–Trinajstić information content (AvgIpc) is 3.08. The van der Waals surface area contributed by atoms with Gasteiger partial charge in [-0.3, -0.25) is 14.5 Å². The standard InChI is InChI=1S/C18H23NO6/c1-11(2)25-13-5-4-12(6-14(13)24-3)7-19-9-17(15(20)21)8-18(17,10-19)16(22)23/h4-6,11H,7-10H2,1-3H3,(H,20,21)(H,22,23)/t17-,18+. The average molecular weight is 349 g/mol. The fraction of sp³-hybridized carbons (Fsp3) is 0.556. The number of carboxylic acids is 2. The minimum Gasteiger partial charge on any atom is -0.493 e. The number of fused-ring (bicyclic) bond motifs is 1. The summed E-state index contributed by atoms with van der Waals surface area (Å²) in [5.41, 5.74) is -1.37. The molecule has 0 unspecified atom stereocenters. The van der Waals surface area contributed by atoms with E-state index in [4.69, 9.17) is 9.47 Å². The van der Waals surface area contributed by atoms with Gasteiger partial charge in [-0.05, 0) is 38.0 Å². The molecule has 1 saturated heterocycles. The monoisotopic (exact) mass is 349 g/mol. The van der Waals surface area contributed by atoms with Gasteiger partial charge in [0.1, 0.15) is 0 Å². The molecule has 25 heavy (non-hydrogen) atoms. The van der Waals surface area contributed by atoms with Crippen molar-refractivity contribution in [2.45, 2.75) is 32.9 Å². The van der Waals surface area contributed by atoms with Crippen molar-refractivity contribution in [1.29, 1.82) is 0 Å². The highest BCUT2D eigenvalue weighted by Gasteiger charge is 2.80. The van der Waals surface area contributed by atoms with E-state index in [0.29, 0.717) is 18.0 Å². The normalized spacial score (nSPS) is 27.8. The summed E-state index contributed by atoms with van der Waals surface area (Å²) in [6.45, 7) is 4.84. The highest BCUT2D eigenvalue weighted by Crippen LogP contribution is 2.68. The number of hydrogen-bond donors (Lipinski definition) is 2. The molecule has 7 nitrogen and oxygen atoms in total. The van der Waals surface area contributed by atoms with Crippen LogP contribution in [0.1, 0.15) is 25.8 Å². The molecule has 1 aliphatic heterocycles. The molecule has 1 aliphatic carbocycles. The Morgan fingerprint density at radius 2 is 1.76 bits per heavy atom. The van der Waals surface area contributed by atoms with E-state index in [2.05, 4.69) is 0 Å². The van der Waals surface area contributed by atoms with Crippen LogP contribution in [-0.4, -0.2) is 53.4 Å². The Morgan fingerprint density at radius 1 is 1.16 bits per heavy atom. The van der Waals surface area contributed by atoms with Crippen LogP contribution in [0.4, 0.5) is 0 Å². The van der Waals surface area contributed by atoms with Crippen LogP contribution in [-0.2, 0) is 16.1 Å². The van der Waals surface area contributed by atoms with Gasteiger partial charge in [0.15, 0.2) is 11.5 Å². The van der Waals surface area contributed by atoms with Crippen molar-refractivity contribution in [3.63, 3.8) is 0 Å². The zero-order chi connectivity index (χ0) is 18.4. The van der Waals surface area contributed by atoms with E-state index in [1.54, 1.807) is 7.11 Å². The second kappa shape index (κ2) is 5.91. The molecule has 7 heteroatoms. The van der Waals surface area contributed by atoms with Crippen molar-refractivity contribution in [2.75, 3.05) is 20.2 Å². The van der Waals surface area contributed by atoms with Crippen LogP contribution in [0.25, 0.3) is 0 Å². The third-order valence-corrected chi connectivity index (χ3v) is 5.20. The minimum atomic E-state index is -1.15. The Kier molecular flexibility index (Phi) is 4.15. The van der Waals surface area contributed by atoms with E-state index in [1.165, 1.54) is 0 Å². The summed E-state index contributed by atoms with van der Waals surface area (Å²) in [4.78, 5) is 25.1. The first-order valence-corrected chi connectivity index (χ1v) is 8.27. The zero-order valence-electron chi connectivity index (χ0n) is 14.6. The third-order valence-electron chi connectivity index (χ3n) is 5.20. The highest BCUT2D eigenvalue weighted by atomic mass is 16.5. The number of likely N-dealkylation sites (tertiary alicyclic amines) is 1. The SMILES string of the molecule is COc1cc(CN2C[C@@]3(C(=O)O)C[C@@]3(C(=O)O)C2)ccc1OC(C)C. The molecule has 0 aromatic heterocycles. The number of piperidine rings is 1. The summed E-state index contributed by atoms with van der Waals surface area (Å²) < 4.78 is 11.1. The number of methoxy groups -OCH3 is 1. The first-order valence-electron chi connectivity index (χ1n) is 8.27. The van der Waals surface area contributed by atoms with Crippen LogP contribution >= 0.6 is 0 Å². The molecule has 0 bridgehead atoms. The number of carbonyl (C=O) groups is 2. The summed E-state index contributed by atoms with van der Waals surface area (Å²) in [5, 5.41) is 19.0. The van der Waals surface area contributed by atoms with E-state index in [-0.39, 0.29) is 25.6 Å². The molecule has 2 fully saturated rings. The second-order valence-electron chi connectivity index (χ2n) is 7.25. The van der Waals surface area contributed by atoms with Gasteiger partial charge in [-0.1, -0.05) is 6.07 Å². The molecule has 2 N–H and O–H groups in total. The zero-order valence-corrected chi connectivity index (χ0v) is 14.6. The van der Waals surface area contributed by atoms with Crippen molar-refractivity contribution in [3.8, 4) is 11.5 Å². The predicted molar refractivity (Wildman–Crippen MR) is 88.8 cm³/mol. The number of carboxylic acid groups (broad SMARTS) is 2. The maximum absolute atomic E-state index is 11.6. The van der Waals surface area contributed by atoms with E-state index in [0.717, 1.165) is 5.56 Å². The molecule has 3 rings (SSSR count). The predicted octanol–water partition coefficient (Wildman–Crippen LogP) is 1.84. The second-order valence-corrected chi connectivity index (χ2v) is 7.25. The molecule has 0 spiro atoms. The highest BCUT2D eigenvalue weighted by molar-refractivity contribution is 5.94. The molecule has 2 aliphatic rings. The molecule has 2 atom stereocenters. The summed E-state index contributed by atoms with van der Waals surface area (Å²) >= 11 is 0. The van der Waals surface area contributed by atoms with Crippen molar-refractivity contribution >= 4 is 11.9 Å². The van der Waals surface area contributed by atoms with Gasteiger partial charge in [-0.25, -0.2) is 0 Å². The van der Waals surface area contributed by atoms with Crippen molar-refractivity contribution in [1.82, 2.24) is 4.90 Å². The molecule has 1 aromatic carbocycles. The first kappa shape index (κ1) is 17.5. The lowest BCUT2D eigenvalue weighted by atomic mass is 9.97. The van der Waals surface area contributed by atoms with Gasteiger partial charge in [0.2, 0.25) is 0 Å². The number of aliphatic carboxylic acids is 2. The van der Waals surface area contributed by atoms with Gasteiger partial charge in [0, 0.05) is 19.6 Å². The van der Waals surface area contributed by atoms with Crippen molar-refractivity contribution < 1.29 is 29.3 Å². The summed E-state index contributed by atoms with van der Waals surface area (Å²) in [6, 6.07) is 5.57. The Hall–Kier alpha value is -2.28. The van der Waals surface area contributed by atoms with Crippen LogP contribution in [0.2, 0.25) is 0 Å². The molecule has 1 heterocycles. The van der Waals surface area contributed by atoms with Gasteiger partial charge < -0.3 is 19.7 Å². The fourth-order valence-corrected chi connectivity index (χ4v) is 3.93. The Bertz CT molecular complexity index is 690. The van der Waals surface area contributed by atoms with Gasteiger partial charge in [-0.2, -0.15) is 0 Å². The molecular formula is C18H23NO6. The fourth-order valence-electron chi connectivity index (χ4n) is 3.93. The Balaban J connectivity index is 1.76. The van der Waals surface area contributed by atoms with Gasteiger partial charge in [-0.15, -0.1) is 0 Å². The van der Waals surface area contributed by atoms with E-state index < -0.39 is 22.8 Å². The summed E-state index contributed by atoms with van der Waals surface area (Å²) in [7, 11) is 1.57. The number of benzene rings is 1. The Morgan fingerprint density at radius 3 is 2.24 bits per heavy atom. The molecule has 0 radical (unpaired) electrons. The summed E-state index contributed by atoms with van der Waals surface area (Å²) in [5.74, 6) is -0.780. The maximum Gasteiger partial charge on any atom is 0.312 e. The quantitative estimate of drug-likeness (QED) is 0.775. The first-order chi connectivity index (χ1) is 11.7. The molecule has 0 amide bonds. The topological polar surface area (TPSA) is 96.3 Å². The summed E-state index contributed by atoms with van der Waals surface area (Å²) in [6.07, 6.45) is 0.238. The smallest absolute Gasteiger partial charge is 0.312 e. The number of nitrogens with zero attached hydrogens (tertiary/aromatic N) is 1. The van der Waals surface area contributed by atoms with Crippen LogP contribution in [0, 0.1) is 10.8 Å². The van der Waals surface area contributed by atoms with E-state index >= 15 is 0 Å². The van der Waals surface area contributed by atoms with Crippen molar-refractivity contribution in [3.05, 3.63) is 23.8 Å². The molecule has 1 aromatic rings. The van der Waals surface area contributed by atoms with Crippen LogP contribution < -0.4 is 9.47 Å². The van der Waals surface area contributed by atoms with Crippen LogP contribution in [0.15, 0.2) is 18.2 Å². The number of ether oxygens (including phenoxy) is 2. The maximum atomic E-state index is 11.6. The number of rotatable bonds is 7. The largest absolute Gasteiger partial charge is 0.493 e. The van der Waals surface area contributed by atoms with Crippen LogP contribution in [0.5, 0.6) is 11.5 Å². The Labute approximate surface area is 146 Å². The lowest BCUT2D eigenvalue weighted by Crippen LogP contribution is -2.28. The van der Waals surface area contributed by atoms with Crippen molar-refractivity contribution in [2.24, 2.45) is 10.8 Å². The van der Waals surface area contributed by atoms with Gasteiger partial charge in [0.05, 0.1) is 24.0 Å². The van der Waals surface area contributed by atoms with E-state index in [1.807, 2.05) is 36.9 Å². The van der Waals surface area contributed by atoms with Crippen LogP contribution in [0.3, 0.4) is 0 Å². The lowest BCUT2D eigenvalue weighted by molar-refractivity contribution is -0.151. The third kappa shape index (κ3) is 2.72. The van der Waals surface area contributed by atoms with Gasteiger partial charge in [0.25, 0.3) is 0 Å². The van der Waals surface area contributed by atoms with Gasteiger partial charge >= 0.3 is 11.9 Å². The minimum absolute atomic E-state index is 0.0243. The molecule has 136 valence electrons. The molecule has 1 saturated carbocycles. The molecular weight excluding hydrogens is 326 g/mol. The number of hydrogen-bond acceptors (Lipinski definition) is 5.